The van der Waals surface area contributed by atoms with Crippen LogP contribution in [-0.4, -0.2) is 35.2 Å². The second kappa shape index (κ2) is 12.8. The van der Waals surface area contributed by atoms with Crippen LogP contribution in [0.3, 0.4) is 0 Å². The van der Waals surface area contributed by atoms with Gasteiger partial charge in [-0.25, -0.2) is 4.79 Å². The number of benzene rings is 3. The molecule has 1 atom stereocenters. The van der Waals surface area contributed by atoms with E-state index in [0.717, 1.165) is 63.5 Å². The van der Waals surface area contributed by atoms with Crippen LogP contribution < -0.4 is 10.6 Å². The van der Waals surface area contributed by atoms with Gasteiger partial charge in [0.05, 0.1) is 0 Å². The Bertz CT molecular complexity index is 1550. The lowest BCUT2D eigenvalue weighted by molar-refractivity contribution is 0.0498. The Labute approximate surface area is 250 Å². The lowest BCUT2D eigenvalue weighted by atomic mass is 9.95. The monoisotopic (exact) mass is 567 g/mol. The maximum absolute atomic E-state index is 13.8. The van der Waals surface area contributed by atoms with Gasteiger partial charge in [-0.2, -0.15) is 0 Å². The molecule has 0 aliphatic heterocycles. The van der Waals surface area contributed by atoms with Gasteiger partial charge < -0.3 is 20.4 Å². The Hall–Kier alpha value is -4.06. The molecule has 0 aliphatic carbocycles. The Morgan fingerprint density at radius 1 is 0.833 bits per heavy atom. The van der Waals surface area contributed by atoms with Crippen molar-refractivity contribution >= 4 is 22.9 Å². The number of unbranched alkanes of at least 4 members (excludes halogenated alkanes) is 1. The predicted molar refractivity (Wildman–Crippen MR) is 173 cm³/mol. The molecule has 4 rings (SSSR count). The van der Waals surface area contributed by atoms with Gasteiger partial charge in [-0.05, 0) is 83.7 Å². The van der Waals surface area contributed by atoms with Gasteiger partial charge >= 0.3 is 6.09 Å². The minimum atomic E-state index is -0.593. The number of aromatic nitrogens is 1. The molecule has 2 amide bonds. The van der Waals surface area contributed by atoms with E-state index in [2.05, 4.69) is 105 Å². The third-order valence-corrected chi connectivity index (χ3v) is 7.23. The summed E-state index contributed by atoms with van der Waals surface area (Å²) >= 11 is 0. The maximum Gasteiger partial charge on any atom is 0.407 e. The van der Waals surface area contributed by atoms with Crippen LogP contribution in [0.25, 0.3) is 33.2 Å². The lowest BCUT2D eigenvalue weighted by Gasteiger charge is -2.24. The van der Waals surface area contributed by atoms with Crippen LogP contribution in [0.5, 0.6) is 0 Å². The highest BCUT2D eigenvalue weighted by atomic mass is 16.6. The van der Waals surface area contributed by atoms with Crippen molar-refractivity contribution in [3.05, 3.63) is 82.5 Å². The normalized spacial score (nSPS) is 12.3. The van der Waals surface area contributed by atoms with Crippen molar-refractivity contribution in [3.8, 4) is 22.3 Å². The molecule has 222 valence electrons. The molecule has 0 fully saturated rings. The summed E-state index contributed by atoms with van der Waals surface area (Å²) in [4.78, 5) is 29.8. The zero-order valence-corrected chi connectivity index (χ0v) is 26.3. The molecule has 0 radical (unpaired) electrons. The number of alkyl carbamates (subject to hydrolysis) is 1. The number of hydrogen-bond acceptors (Lipinski definition) is 3. The number of nitrogens with one attached hydrogen (secondary N) is 3. The van der Waals surface area contributed by atoms with Crippen molar-refractivity contribution in [1.82, 2.24) is 15.6 Å². The summed E-state index contributed by atoms with van der Waals surface area (Å²) in [5.41, 5.74) is 9.65. The van der Waals surface area contributed by atoms with E-state index in [1.54, 1.807) is 0 Å². The number of ether oxygens (including phenoxy) is 1. The molecule has 0 saturated heterocycles. The fourth-order valence-corrected chi connectivity index (χ4v) is 5.56. The summed E-state index contributed by atoms with van der Waals surface area (Å²) in [7, 11) is 0. The van der Waals surface area contributed by atoms with Gasteiger partial charge in [-0.15, -0.1) is 0 Å². The summed E-state index contributed by atoms with van der Waals surface area (Å²) in [6.45, 7) is 16.3. The predicted octanol–water partition coefficient (Wildman–Crippen LogP) is 8.55. The molecule has 0 unspecified atom stereocenters. The smallest absolute Gasteiger partial charge is 0.407 e. The van der Waals surface area contributed by atoms with Crippen molar-refractivity contribution in [2.45, 2.75) is 86.3 Å². The highest BCUT2D eigenvalue weighted by molar-refractivity contribution is 6.10. The molecular formula is C36H45N3O3. The van der Waals surface area contributed by atoms with Crippen LogP contribution >= 0.6 is 0 Å². The van der Waals surface area contributed by atoms with Gasteiger partial charge in [0, 0.05) is 29.1 Å². The van der Waals surface area contributed by atoms with E-state index in [1.165, 1.54) is 11.1 Å². The van der Waals surface area contributed by atoms with Gasteiger partial charge in [0.25, 0.3) is 5.91 Å². The Balaban J connectivity index is 1.71. The van der Waals surface area contributed by atoms with Crippen molar-refractivity contribution in [2.24, 2.45) is 0 Å². The molecule has 6 nitrogen and oxygen atoms in total. The SMILES string of the molecule is CCCC[C@@H](CNC(=O)c1[nH]c2ccc(-c3cc(C)cc(C)c3)cc2c1-c1cc(C)cc(C)c1)NC(=O)OC(C)(C)C. The summed E-state index contributed by atoms with van der Waals surface area (Å²) in [6, 6.07) is 19.1. The first-order chi connectivity index (χ1) is 19.8. The van der Waals surface area contributed by atoms with Gasteiger partial charge in [0.15, 0.2) is 0 Å². The third kappa shape index (κ3) is 7.81. The van der Waals surface area contributed by atoms with Gasteiger partial charge in [0.2, 0.25) is 0 Å². The highest BCUT2D eigenvalue weighted by Gasteiger charge is 2.23. The molecule has 42 heavy (non-hydrogen) atoms. The van der Waals surface area contributed by atoms with Gasteiger partial charge in [-0.3, -0.25) is 4.79 Å². The van der Waals surface area contributed by atoms with E-state index in [4.69, 9.17) is 4.74 Å². The molecule has 3 N–H and O–H groups in total. The summed E-state index contributed by atoms with van der Waals surface area (Å²) in [5.74, 6) is -0.208. The summed E-state index contributed by atoms with van der Waals surface area (Å²) < 4.78 is 5.47. The largest absolute Gasteiger partial charge is 0.444 e. The topological polar surface area (TPSA) is 83.2 Å². The molecule has 3 aromatic carbocycles. The van der Waals surface area contributed by atoms with Crippen molar-refractivity contribution in [3.63, 3.8) is 0 Å². The number of amides is 2. The molecule has 1 aromatic heterocycles. The first-order valence-corrected chi connectivity index (χ1v) is 14.9. The highest BCUT2D eigenvalue weighted by Crippen LogP contribution is 2.36. The van der Waals surface area contributed by atoms with E-state index in [9.17, 15) is 9.59 Å². The Kier molecular flexibility index (Phi) is 9.45. The Morgan fingerprint density at radius 2 is 1.43 bits per heavy atom. The van der Waals surface area contributed by atoms with Crippen LogP contribution in [0.1, 0.15) is 79.7 Å². The van der Waals surface area contributed by atoms with Crippen LogP contribution in [0, 0.1) is 27.7 Å². The van der Waals surface area contributed by atoms with E-state index in [-0.39, 0.29) is 11.9 Å². The number of fused-ring (bicyclic) bond motifs is 1. The first kappa shape index (κ1) is 30.9. The Morgan fingerprint density at radius 3 is 2.00 bits per heavy atom. The number of H-pyrrole nitrogens is 1. The number of carbonyl (C=O) groups is 2. The zero-order valence-electron chi connectivity index (χ0n) is 26.3. The number of aryl methyl sites for hydroxylation is 4. The molecule has 0 saturated carbocycles. The first-order valence-electron chi connectivity index (χ1n) is 14.9. The molecule has 0 aliphatic rings. The quantitative estimate of drug-likeness (QED) is 0.189. The van der Waals surface area contributed by atoms with Crippen LogP contribution in [0.15, 0.2) is 54.6 Å². The minimum absolute atomic E-state index is 0.208. The molecule has 6 heteroatoms. The molecular weight excluding hydrogens is 522 g/mol. The minimum Gasteiger partial charge on any atom is -0.444 e. The van der Waals surface area contributed by atoms with Crippen molar-refractivity contribution < 1.29 is 14.3 Å². The number of rotatable bonds is 9. The average Bonchev–Trinajstić information content (AvgIpc) is 3.27. The zero-order chi connectivity index (χ0) is 30.6. The van der Waals surface area contributed by atoms with E-state index < -0.39 is 11.7 Å². The van der Waals surface area contributed by atoms with Crippen LogP contribution in [-0.2, 0) is 4.74 Å². The number of aromatic amines is 1. The van der Waals surface area contributed by atoms with Crippen molar-refractivity contribution in [1.29, 1.82) is 0 Å². The van der Waals surface area contributed by atoms with E-state index in [0.29, 0.717) is 12.2 Å². The second-order valence-corrected chi connectivity index (χ2v) is 12.6. The number of carbonyl (C=O) groups excluding carboxylic acids is 2. The summed E-state index contributed by atoms with van der Waals surface area (Å²) in [5, 5.41) is 7.05. The average molecular weight is 568 g/mol. The fourth-order valence-electron chi connectivity index (χ4n) is 5.56. The fraction of sp³-hybridized carbons (Fsp3) is 0.389. The van der Waals surface area contributed by atoms with Gasteiger partial charge in [0.1, 0.15) is 11.3 Å². The van der Waals surface area contributed by atoms with E-state index >= 15 is 0 Å². The summed E-state index contributed by atoms with van der Waals surface area (Å²) in [6.07, 6.45) is 2.18. The van der Waals surface area contributed by atoms with Crippen LogP contribution in [0.2, 0.25) is 0 Å². The molecule has 1 heterocycles. The second-order valence-electron chi connectivity index (χ2n) is 12.6. The molecule has 0 bridgehead atoms. The molecule has 0 spiro atoms. The third-order valence-electron chi connectivity index (χ3n) is 7.23. The lowest BCUT2D eigenvalue weighted by Crippen LogP contribution is -2.45. The molecule has 4 aromatic rings. The van der Waals surface area contributed by atoms with Crippen molar-refractivity contribution in [2.75, 3.05) is 6.54 Å². The maximum atomic E-state index is 13.8. The van der Waals surface area contributed by atoms with Gasteiger partial charge in [-0.1, -0.05) is 84.5 Å². The van der Waals surface area contributed by atoms with E-state index in [1.807, 2.05) is 20.8 Å². The van der Waals surface area contributed by atoms with Crippen LogP contribution in [0.4, 0.5) is 4.79 Å². The number of hydrogen-bond donors (Lipinski definition) is 3. The standard InChI is InChI=1S/C36H45N3O3/c1-9-10-11-29(38-35(41)42-36(6,7)8)21-37-34(40)33-32(28-18-24(4)15-25(5)19-28)30-20-26(12-13-31(30)39-33)27-16-22(2)14-23(3)17-27/h12-20,29,39H,9-11,21H2,1-8H3,(H,37,40)(H,38,41)/t29-/m0/s1.